The van der Waals surface area contributed by atoms with Crippen LogP contribution in [0.25, 0.3) is 22.0 Å². The molecule has 0 unspecified atom stereocenters. The molecule has 0 spiro atoms. The minimum Gasteiger partial charge on any atom is -0.451 e. The number of para-hydroxylation sites is 1. The number of furan rings is 1. The second-order valence-electron chi connectivity index (χ2n) is 5.14. The number of aromatic amines is 1. The molecule has 5 nitrogen and oxygen atoms in total. The van der Waals surface area contributed by atoms with Crippen molar-refractivity contribution in [2.45, 2.75) is 6.92 Å². The molecule has 22 heavy (non-hydrogen) atoms. The molecule has 0 saturated heterocycles. The van der Waals surface area contributed by atoms with E-state index in [4.69, 9.17) is 4.42 Å². The molecule has 0 aliphatic rings. The molecule has 0 bridgehead atoms. The van der Waals surface area contributed by atoms with Crippen LogP contribution in [0.1, 0.15) is 16.1 Å². The topological polar surface area (TPSA) is 70.9 Å². The van der Waals surface area contributed by atoms with Gasteiger partial charge < -0.3 is 14.7 Å². The third kappa shape index (κ3) is 1.95. The van der Waals surface area contributed by atoms with E-state index in [2.05, 4.69) is 15.3 Å². The summed E-state index contributed by atoms with van der Waals surface area (Å²) < 4.78 is 5.67. The number of fused-ring (bicyclic) bond motifs is 2. The van der Waals surface area contributed by atoms with Crippen LogP contribution in [0.15, 0.2) is 53.2 Å². The number of benzene rings is 2. The monoisotopic (exact) mass is 291 g/mol. The van der Waals surface area contributed by atoms with Gasteiger partial charge in [-0.25, -0.2) is 4.98 Å². The number of anilines is 1. The van der Waals surface area contributed by atoms with Crippen molar-refractivity contribution >= 4 is 33.6 Å². The lowest BCUT2D eigenvalue weighted by molar-refractivity contribution is 0.0998. The number of nitrogens with one attached hydrogen (secondary N) is 2. The smallest absolute Gasteiger partial charge is 0.291 e. The van der Waals surface area contributed by atoms with Crippen molar-refractivity contribution in [2.75, 3.05) is 5.32 Å². The summed E-state index contributed by atoms with van der Waals surface area (Å²) in [4.78, 5) is 19.6. The van der Waals surface area contributed by atoms with E-state index in [9.17, 15) is 4.79 Å². The van der Waals surface area contributed by atoms with E-state index in [0.717, 1.165) is 22.0 Å². The molecule has 108 valence electrons. The maximum Gasteiger partial charge on any atom is 0.291 e. The standard InChI is InChI=1S/C17H13N3O2/c1-10-12-4-2-3-5-15(12)22-16(10)17(21)20-11-6-7-13-14(8-11)19-9-18-13/h2-9H,1H3,(H,18,19)(H,20,21). The summed E-state index contributed by atoms with van der Waals surface area (Å²) in [6.45, 7) is 1.89. The van der Waals surface area contributed by atoms with E-state index in [1.807, 2.05) is 49.4 Å². The Morgan fingerprint density at radius 2 is 2.09 bits per heavy atom. The normalized spacial score (nSPS) is 11.1. The summed E-state index contributed by atoms with van der Waals surface area (Å²) in [5.74, 6) is 0.0819. The summed E-state index contributed by atoms with van der Waals surface area (Å²) in [5.41, 5.74) is 3.99. The third-order valence-electron chi connectivity index (χ3n) is 3.73. The predicted molar refractivity (Wildman–Crippen MR) is 85.0 cm³/mol. The molecule has 2 aromatic heterocycles. The molecule has 5 heteroatoms. The lowest BCUT2D eigenvalue weighted by Gasteiger charge is -2.03. The predicted octanol–water partition coefficient (Wildman–Crippen LogP) is 3.87. The number of imidazole rings is 1. The first-order chi connectivity index (χ1) is 10.7. The Balaban J connectivity index is 1.69. The van der Waals surface area contributed by atoms with E-state index in [0.29, 0.717) is 17.0 Å². The second-order valence-corrected chi connectivity index (χ2v) is 5.14. The Labute approximate surface area is 126 Å². The number of aromatic nitrogens is 2. The minimum absolute atomic E-state index is 0.257. The van der Waals surface area contributed by atoms with E-state index < -0.39 is 0 Å². The molecule has 0 atom stereocenters. The number of hydrogen-bond donors (Lipinski definition) is 2. The number of amides is 1. The molecule has 0 saturated carbocycles. The largest absolute Gasteiger partial charge is 0.451 e. The molecule has 2 N–H and O–H groups in total. The Kier molecular flexibility index (Phi) is 2.72. The maximum atomic E-state index is 12.4. The maximum absolute atomic E-state index is 12.4. The fourth-order valence-electron chi connectivity index (χ4n) is 2.59. The van der Waals surface area contributed by atoms with Gasteiger partial charge in [-0.3, -0.25) is 4.79 Å². The van der Waals surface area contributed by atoms with E-state index in [-0.39, 0.29) is 5.91 Å². The van der Waals surface area contributed by atoms with Crippen LogP contribution in [0, 0.1) is 6.92 Å². The fourth-order valence-corrected chi connectivity index (χ4v) is 2.59. The van der Waals surface area contributed by atoms with Crippen molar-refractivity contribution in [1.29, 1.82) is 0 Å². The van der Waals surface area contributed by atoms with Crippen LogP contribution < -0.4 is 5.32 Å². The van der Waals surface area contributed by atoms with Crippen LogP contribution in [0.4, 0.5) is 5.69 Å². The van der Waals surface area contributed by atoms with Gasteiger partial charge in [0.05, 0.1) is 17.4 Å². The van der Waals surface area contributed by atoms with Crippen molar-refractivity contribution in [3.05, 3.63) is 60.1 Å². The zero-order valence-corrected chi connectivity index (χ0v) is 11.9. The lowest BCUT2D eigenvalue weighted by Crippen LogP contribution is -2.12. The van der Waals surface area contributed by atoms with Gasteiger partial charge in [0.1, 0.15) is 5.58 Å². The first-order valence-electron chi connectivity index (χ1n) is 6.95. The molecular weight excluding hydrogens is 278 g/mol. The molecule has 1 amide bonds. The first kappa shape index (κ1) is 12.6. The minimum atomic E-state index is -0.257. The Morgan fingerprint density at radius 1 is 1.23 bits per heavy atom. The quantitative estimate of drug-likeness (QED) is 0.589. The number of carbonyl (C=O) groups is 1. The summed E-state index contributed by atoms with van der Waals surface area (Å²) in [5, 5.41) is 3.82. The van der Waals surface area contributed by atoms with Gasteiger partial charge in [0.2, 0.25) is 0 Å². The highest BCUT2D eigenvalue weighted by Gasteiger charge is 2.17. The van der Waals surface area contributed by atoms with Gasteiger partial charge in [-0.15, -0.1) is 0 Å². The number of aryl methyl sites for hydroxylation is 1. The Bertz CT molecular complexity index is 997. The molecule has 4 aromatic rings. The Morgan fingerprint density at radius 3 is 2.95 bits per heavy atom. The second kappa shape index (κ2) is 4.73. The number of H-pyrrole nitrogens is 1. The van der Waals surface area contributed by atoms with Gasteiger partial charge in [0, 0.05) is 16.6 Å². The van der Waals surface area contributed by atoms with Gasteiger partial charge in [-0.1, -0.05) is 18.2 Å². The van der Waals surface area contributed by atoms with Crippen molar-refractivity contribution in [1.82, 2.24) is 9.97 Å². The van der Waals surface area contributed by atoms with Crippen LogP contribution in [-0.2, 0) is 0 Å². The number of hydrogen-bond acceptors (Lipinski definition) is 3. The van der Waals surface area contributed by atoms with Crippen LogP contribution in [0.3, 0.4) is 0 Å². The van der Waals surface area contributed by atoms with Crippen molar-refractivity contribution in [3.63, 3.8) is 0 Å². The summed E-state index contributed by atoms with van der Waals surface area (Å²) >= 11 is 0. The molecule has 0 radical (unpaired) electrons. The molecular formula is C17H13N3O2. The van der Waals surface area contributed by atoms with Crippen LogP contribution >= 0.6 is 0 Å². The summed E-state index contributed by atoms with van der Waals surface area (Å²) in [6, 6.07) is 13.1. The SMILES string of the molecule is Cc1c(C(=O)Nc2ccc3nc[nH]c3c2)oc2ccccc12. The molecule has 0 aliphatic heterocycles. The zero-order valence-electron chi connectivity index (χ0n) is 11.9. The molecule has 2 aromatic carbocycles. The zero-order chi connectivity index (χ0) is 15.1. The molecule has 0 aliphatic carbocycles. The van der Waals surface area contributed by atoms with E-state index in [1.54, 1.807) is 6.33 Å². The average Bonchev–Trinajstić information content (AvgIpc) is 3.12. The number of rotatable bonds is 2. The van der Waals surface area contributed by atoms with Gasteiger partial charge in [0.25, 0.3) is 5.91 Å². The van der Waals surface area contributed by atoms with Gasteiger partial charge >= 0.3 is 0 Å². The van der Waals surface area contributed by atoms with Crippen molar-refractivity contribution in [3.8, 4) is 0 Å². The van der Waals surface area contributed by atoms with Crippen molar-refractivity contribution in [2.24, 2.45) is 0 Å². The van der Waals surface area contributed by atoms with Crippen LogP contribution in [0.5, 0.6) is 0 Å². The average molecular weight is 291 g/mol. The highest BCUT2D eigenvalue weighted by atomic mass is 16.3. The molecule has 2 heterocycles. The molecule has 4 rings (SSSR count). The number of nitrogens with zero attached hydrogens (tertiary/aromatic N) is 1. The lowest BCUT2D eigenvalue weighted by atomic mass is 10.1. The summed E-state index contributed by atoms with van der Waals surface area (Å²) in [6.07, 6.45) is 1.62. The highest BCUT2D eigenvalue weighted by molar-refractivity contribution is 6.06. The van der Waals surface area contributed by atoms with Crippen LogP contribution in [0.2, 0.25) is 0 Å². The summed E-state index contributed by atoms with van der Waals surface area (Å²) in [7, 11) is 0. The van der Waals surface area contributed by atoms with Gasteiger partial charge in [0.15, 0.2) is 5.76 Å². The molecule has 0 fully saturated rings. The van der Waals surface area contributed by atoms with Gasteiger partial charge in [-0.05, 0) is 31.2 Å². The van der Waals surface area contributed by atoms with E-state index in [1.165, 1.54) is 0 Å². The van der Waals surface area contributed by atoms with E-state index >= 15 is 0 Å². The fraction of sp³-hybridized carbons (Fsp3) is 0.0588. The van der Waals surface area contributed by atoms with Crippen molar-refractivity contribution < 1.29 is 9.21 Å². The Hall–Kier alpha value is -3.08. The first-order valence-corrected chi connectivity index (χ1v) is 6.95. The third-order valence-corrected chi connectivity index (χ3v) is 3.73. The van der Waals surface area contributed by atoms with Crippen LogP contribution in [-0.4, -0.2) is 15.9 Å². The number of carbonyl (C=O) groups excluding carboxylic acids is 1. The van der Waals surface area contributed by atoms with Gasteiger partial charge in [-0.2, -0.15) is 0 Å². The highest BCUT2D eigenvalue weighted by Crippen LogP contribution is 2.26.